The van der Waals surface area contributed by atoms with Crippen molar-refractivity contribution in [3.63, 3.8) is 0 Å². The van der Waals surface area contributed by atoms with Gasteiger partial charge in [0.15, 0.2) is 0 Å². The number of benzene rings is 1. The maximum atomic E-state index is 4.38. The number of hydrogen-bond acceptors (Lipinski definition) is 2. The minimum absolute atomic E-state index is 0.937. The molecule has 0 radical (unpaired) electrons. The molecule has 0 bridgehead atoms. The summed E-state index contributed by atoms with van der Waals surface area (Å²) in [5.41, 5.74) is 3.50. The van der Waals surface area contributed by atoms with Gasteiger partial charge >= 0.3 is 0 Å². The first-order chi connectivity index (χ1) is 8.43. The van der Waals surface area contributed by atoms with Crippen molar-refractivity contribution in [2.24, 2.45) is 0 Å². The first kappa shape index (κ1) is 10.0. The van der Waals surface area contributed by atoms with Crippen molar-refractivity contribution in [3.05, 3.63) is 60.7 Å². The monoisotopic (exact) mass is 223 g/mol. The van der Waals surface area contributed by atoms with Gasteiger partial charge in [-0.3, -0.25) is 4.98 Å². The lowest BCUT2D eigenvalue weighted by Gasteiger charge is -2.03. The minimum atomic E-state index is 0.937. The van der Waals surface area contributed by atoms with E-state index >= 15 is 0 Å². The smallest absolute Gasteiger partial charge is 0.0958 e. The summed E-state index contributed by atoms with van der Waals surface area (Å²) >= 11 is 0. The van der Waals surface area contributed by atoms with Crippen LogP contribution < -0.4 is 0 Å². The van der Waals surface area contributed by atoms with Gasteiger partial charge in [0.25, 0.3) is 0 Å². The molecule has 0 fully saturated rings. The third-order valence-corrected chi connectivity index (χ3v) is 2.89. The van der Waals surface area contributed by atoms with Gasteiger partial charge in [0, 0.05) is 18.9 Å². The summed E-state index contributed by atoms with van der Waals surface area (Å²) in [5, 5.41) is 0. The molecule has 3 nitrogen and oxygen atoms in total. The highest BCUT2D eigenvalue weighted by Crippen LogP contribution is 2.12. The molecule has 3 heteroatoms. The minimum Gasteiger partial charge on any atom is -0.330 e. The first-order valence-corrected chi connectivity index (χ1v) is 5.72. The lowest BCUT2D eigenvalue weighted by atomic mass is 10.2. The van der Waals surface area contributed by atoms with E-state index in [0.29, 0.717) is 0 Å². The van der Waals surface area contributed by atoms with Crippen LogP contribution in [0.15, 0.2) is 55.1 Å². The van der Waals surface area contributed by atoms with Gasteiger partial charge in [-0.05, 0) is 30.2 Å². The van der Waals surface area contributed by atoms with Crippen LogP contribution in [0.1, 0.15) is 5.56 Å². The number of nitrogens with zero attached hydrogens (tertiary/aromatic N) is 3. The first-order valence-electron chi connectivity index (χ1n) is 5.72. The quantitative estimate of drug-likeness (QED) is 0.683. The molecule has 17 heavy (non-hydrogen) atoms. The highest BCUT2D eigenvalue weighted by atomic mass is 15.0. The van der Waals surface area contributed by atoms with Crippen LogP contribution in [-0.2, 0) is 13.0 Å². The molecule has 2 heterocycles. The van der Waals surface area contributed by atoms with Gasteiger partial charge in [-0.15, -0.1) is 0 Å². The fourth-order valence-electron chi connectivity index (χ4n) is 1.98. The molecule has 0 saturated heterocycles. The van der Waals surface area contributed by atoms with Crippen LogP contribution in [0.4, 0.5) is 0 Å². The Hall–Kier alpha value is -2.16. The molecule has 0 aliphatic heterocycles. The number of rotatable bonds is 3. The van der Waals surface area contributed by atoms with Crippen LogP contribution in [0, 0.1) is 0 Å². The molecule has 3 rings (SSSR count). The zero-order chi connectivity index (χ0) is 11.5. The van der Waals surface area contributed by atoms with Gasteiger partial charge in [0.1, 0.15) is 0 Å². The number of fused-ring (bicyclic) bond motifs is 1. The fraction of sp³-hybridized carbons (Fsp3) is 0.143. The summed E-state index contributed by atoms with van der Waals surface area (Å²) in [6.07, 6.45) is 6.60. The molecular weight excluding hydrogens is 210 g/mol. The summed E-state index contributed by atoms with van der Waals surface area (Å²) in [6.45, 7) is 0.937. The van der Waals surface area contributed by atoms with Gasteiger partial charge in [0.05, 0.1) is 17.4 Å². The van der Waals surface area contributed by atoms with E-state index in [0.717, 1.165) is 18.5 Å². The van der Waals surface area contributed by atoms with E-state index in [2.05, 4.69) is 26.7 Å². The average molecular weight is 223 g/mol. The number of hydrogen-bond donors (Lipinski definition) is 0. The van der Waals surface area contributed by atoms with Gasteiger partial charge in [-0.2, -0.15) is 0 Å². The second kappa shape index (κ2) is 4.37. The Morgan fingerprint density at radius 3 is 2.88 bits per heavy atom. The van der Waals surface area contributed by atoms with E-state index in [1.807, 2.05) is 36.8 Å². The predicted molar refractivity (Wildman–Crippen MR) is 67.7 cm³/mol. The SMILES string of the molecule is c1cncc(CCn2cnc3ccccc32)c1. The van der Waals surface area contributed by atoms with Crippen molar-refractivity contribution in [3.8, 4) is 0 Å². The molecule has 0 saturated carbocycles. The van der Waals surface area contributed by atoms with Crippen LogP contribution in [0.25, 0.3) is 11.0 Å². The zero-order valence-electron chi connectivity index (χ0n) is 9.45. The molecule has 2 aromatic heterocycles. The molecule has 0 amide bonds. The topological polar surface area (TPSA) is 30.7 Å². The maximum Gasteiger partial charge on any atom is 0.0958 e. The number of para-hydroxylation sites is 2. The number of aryl methyl sites for hydroxylation is 2. The lowest BCUT2D eigenvalue weighted by molar-refractivity contribution is 0.714. The molecule has 1 aromatic carbocycles. The Kier molecular flexibility index (Phi) is 2.58. The second-order valence-electron chi connectivity index (χ2n) is 4.04. The molecule has 0 N–H and O–H groups in total. The predicted octanol–water partition coefficient (Wildman–Crippen LogP) is 2.67. The van der Waals surface area contributed by atoms with Gasteiger partial charge < -0.3 is 4.57 Å². The van der Waals surface area contributed by atoms with Gasteiger partial charge in [-0.1, -0.05) is 18.2 Å². The van der Waals surface area contributed by atoms with E-state index in [9.17, 15) is 0 Å². The summed E-state index contributed by atoms with van der Waals surface area (Å²) in [6, 6.07) is 12.3. The van der Waals surface area contributed by atoms with Crippen molar-refractivity contribution < 1.29 is 0 Å². The molecule has 0 aliphatic rings. The Balaban J connectivity index is 1.82. The average Bonchev–Trinajstić information content (AvgIpc) is 2.81. The van der Waals surface area contributed by atoms with Crippen molar-refractivity contribution in [1.29, 1.82) is 0 Å². The number of imidazole rings is 1. The Morgan fingerprint density at radius 1 is 1.06 bits per heavy atom. The molecule has 84 valence electrons. The molecule has 0 spiro atoms. The van der Waals surface area contributed by atoms with E-state index in [4.69, 9.17) is 0 Å². The summed E-state index contributed by atoms with van der Waals surface area (Å²) in [4.78, 5) is 8.50. The van der Waals surface area contributed by atoms with Crippen molar-refractivity contribution >= 4 is 11.0 Å². The summed E-state index contributed by atoms with van der Waals surface area (Å²) in [5.74, 6) is 0. The zero-order valence-corrected chi connectivity index (χ0v) is 9.45. The molecule has 0 unspecified atom stereocenters. The number of pyridine rings is 1. The van der Waals surface area contributed by atoms with E-state index in [1.165, 1.54) is 11.1 Å². The summed E-state index contributed by atoms with van der Waals surface area (Å²) < 4.78 is 2.18. The van der Waals surface area contributed by atoms with Crippen LogP contribution in [-0.4, -0.2) is 14.5 Å². The van der Waals surface area contributed by atoms with Crippen LogP contribution in [0.5, 0.6) is 0 Å². The summed E-state index contributed by atoms with van der Waals surface area (Å²) in [7, 11) is 0. The maximum absolute atomic E-state index is 4.38. The highest BCUT2D eigenvalue weighted by molar-refractivity contribution is 5.74. The second-order valence-corrected chi connectivity index (χ2v) is 4.04. The fourth-order valence-corrected chi connectivity index (χ4v) is 1.98. The standard InChI is InChI=1S/C14H13N3/c1-2-6-14-13(5-1)16-11-17(14)9-7-12-4-3-8-15-10-12/h1-6,8,10-11H,7,9H2. The van der Waals surface area contributed by atoms with Crippen molar-refractivity contribution in [2.75, 3.05) is 0 Å². The van der Waals surface area contributed by atoms with E-state index in [1.54, 1.807) is 6.20 Å². The highest BCUT2D eigenvalue weighted by Gasteiger charge is 2.01. The Morgan fingerprint density at radius 2 is 2.00 bits per heavy atom. The number of aromatic nitrogens is 3. The normalized spacial score (nSPS) is 10.8. The third kappa shape index (κ3) is 2.04. The van der Waals surface area contributed by atoms with Gasteiger partial charge in [-0.25, -0.2) is 4.98 Å². The van der Waals surface area contributed by atoms with Crippen LogP contribution >= 0.6 is 0 Å². The lowest BCUT2D eigenvalue weighted by Crippen LogP contribution is -1.99. The molecular formula is C14H13N3. The largest absolute Gasteiger partial charge is 0.330 e. The van der Waals surface area contributed by atoms with Gasteiger partial charge in [0.2, 0.25) is 0 Å². The van der Waals surface area contributed by atoms with Crippen molar-refractivity contribution in [1.82, 2.24) is 14.5 Å². The van der Waals surface area contributed by atoms with E-state index in [-0.39, 0.29) is 0 Å². The Bertz CT molecular complexity index is 613. The molecule has 3 aromatic rings. The molecule has 0 aliphatic carbocycles. The van der Waals surface area contributed by atoms with E-state index < -0.39 is 0 Å². The molecule has 0 atom stereocenters. The third-order valence-electron chi connectivity index (χ3n) is 2.89. The van der Waals surface area contributed by atoms with Crippen LogP contribution in [0.3, 0.4) is 0 Å². The van der Waals surface area contributed by atoms with Crippen molar-refractivity contribution in [2.45, 2.75) is 13.0 Å². The van der Waals surface area contributed by atoms with Crippen LogP contribution in [0.2, 0.25) is 0 Å². The Labute approximate surface area is 99.8 Å².